The first-order valence-electron chi connectivity index (χ1n) is 16.2. The van der Waals surface area contributed by atoms with Gasteiger partial charge in [0.25, 0.3) is 0 Å². The maximum atomic E-state index is 5.20. The van der Waals surface area contributed by atoms with Gasteiger partial charge in [-0.25, -0.2) is 9.97 Å². The number of rotatable bonds is 4. The quantitative estimate of drug-likeness (QED) is 0.194. The fourth-order valence-corrected chi connectivity index (χ4v) is 8.55. The lowest BCUT2D eigenvalue weighted by molar-refractivity contribution is 1.18. The molecule has 0 aliphatic carbocycles. The van der Waals surface area contributed by atoms with Gasteiger partial charge in [-0.2, -0.15) is 0 Å². The number of thiophene rings is 1. The largest absolute Gasteiger partial charge is 0.299 e. The molecule has 0 spiro atoms. The van der Waals surface area contributed by atoms with Gasteiger partial charge in [0.1, 0.15) is 4.83 Å². The minimum absolute atomic E-state index is 0.719. The van der Waals surface area contributed by atoms with Gasteiger partial charge < -0.3 is 0 Å². The second kappa shape index (κ2) is 10.7. The van der Waals surface area contributed by atoms with Crippen LogP contribution in [0.5, 0.6) is 0 Å². The first kappa shape index (κ1) is 27.1. The summed E-state index contributed by atoms with van der Waals surface area (Å²) in [6.45, 7) is 0. The van der Waals surface area contributed by atoms with Crippen LogP contribution in [0.2, 0.25) is 0 Å². The van der Waals surface area contributed by atoms with Gasteiger partial charge in [0, 0.05) is 54.7 Å². The van der Waals surface area contributed by atoms with Gasteiger partial charge in [-0.05, 0) is 34.7 Å². The highest BCUT2D eigenvalue weighted by atomic mass is 32.1. The summed E-state index contributed by atoms with van der Waals surface area (Å²) < 4.78 is 3.80. The Morgan fingerprint density at radius 1 is 0.500 bits per heavy atom. The zero-order valence-electron chi connectivity index (χ0n) is 25.8. The Kier molecular flexibility index (Phi) is 6.05. The van der Waals surface area contributed by atoms with Crippen molar-refractivity contribution in [2.24, 2.45) is 0 Å². The van der Waals surface area contributed by atoms with Crippen LogP contribution in [0.3, 0.4) is 0 Å². The molecule has 0 aliphatic heterocycles. The minimum Gasteiger partial charge on any atom is -0.299 e. The highest BCUT2D eigenvalue weighted by molar-refractivity contribution is 7.25. The molecule has 0 amide bonds. The van der Waals surface area contributed by atoms with Crippen LogP contribution in [0.15, 0.2) is 164 Å². The smallest absolute Gasteiger partial charge is 0.159 e. The normalized spacial score (nSPS) is 11.8. The van der Waals surface area contributed by atoms with Crippen LogP contribution in [0.25, 0.3) is 92.4 Å². The predicted molar refractivity (Wildman–Crippen MR) is 203 cm³/mol. The van der Waals surface area contributed by atoms with Crippen molar-refractivity contribution in [2.75, 3.05) is 0 Å². The summed E-state index contributed by atoms with van der Waals surface area (Å²) in [4.78, 5) is 11.4. The molecule has 10 aromatic rings. The lowest BCUT2D eigenvalue weighted by Crippen LogP contribution is -1.96. The van der Waals surface area contributed by atoms with E-state index in [9.17, 15) is 0 Å². The van der Waals surface area contributed by atoms with E-state index in [4.69, 9.17) is 9.97 Å². The lowest BCUT2D eigenvalue weighted by atomic mass is 9.94. The van der Waals surface area contributed by atoms with Gasteiger partial charge in [0.2, 0.25) is 0 Å². The molecule has 4 heterocycles. The van der Waals surface area contributed by atoms with Crippen LogP contribution in [0.1, 0.15) is 0 Å². The Labute approximate surface area is 281 Å². The molecule has 48 heavy (non-hydrogen) atoms. The van der Waals surface area contributed by atoms with Gasteiger partial charge in [0.15, 0.2) is 5.82 Å². The van der Waals surface area contributed by atoms with Crippen molar-refractivity contribution >= 4 is 58.8 Å². The Hall–Kier alpha value is -6.10. The van der Waals surface area contributed by atoms with Crippen molar-refractivity contribution < 1.29 is 0 Å². The van der Waals surface area contributed by atoms with E-state index in [1.807, 2.05) is 41.8 Å². The Morgan fingerprint density at radius 3 is 1.92 bits per heavy atom. The monoisotopic (exact) mass is 629 g/mol. The summed E-state index contributed by atoms with van der Waals surface area (Å²) in [7, 11) is 0. The second-order valence-electron chi connectivity index (χ2n) is 12.2. The molecule has 6 aromatic carbocycles. The van der Waals surface area contributed by atoms with E-state index < -0.39 is 0 Å². The summed E-state index contributed by atoms with van der Waals surface area (Å²) in [5, 5.41) is 6.30. The van der Waals surface area contributed by atoms with Gasteiger partial charge in [-0.3, -0.25) is 4.40 Å². The molecule has 224 valence electrons. The molecule has 0 unspecified atom stereocenters. The molecule has 0 saturated heterocycles. The summed E-state index contributed by atoms with van der Waals surface area (Å²) in [6, 6.07) is 56.1. The SMILES string of the molecule is c1ccc(-c2ncc(-c3ccc4c(c3)c3c(-c5ccccc5)c5ccccc5n3c3sc5ccccc5c43)c(-c3ccccc3)n2)cc1. The van der Waals surface area contributed by atoms with Crippen LogP contribution in [0, 0.1) is 0 Å². The van der Waals surface area contributed by atoms with Crippen LogP contribution in [-0.2, 0) is 0 Å². The molecule has 0 radical (unpaired) electrons. The molecular weight excluding hydrogens is 603 g/mol. The molecule has 0 bridgehead atoms. The zero-order chi connectivity index (χ0) is 31.6. The van der Waals surface area contributed by atoms with Gasteiger partial charge in [-0.1, -0.05) is 140 Å². The Morgan fingerprint density at radius 2 is 1.15 bits per heavy atom. The molecule has 0 fully saturated rings. The zero-order valence-corrected chi connectivity index (χ0v) is 26.7. The third kappa shape index (κ3) is 4.06. The van der Waals surface area contributed by atoms with E-state index in [2.05, 4.69) is 138 Å². The van der Waals surface area contributed by atoms with E-state index in [0.717, 1.165) is 33.8 Å². The predicted octanol–water partition coefficient (Wildman–Crippen LogP) is 12.1. The lowest BCUT2D eigenvalue weighted by Gasteiger charge is -2.14. The topological polar surface area (TPSA) is 30.2 Å². The highest BCUT2D eigenvalue weighted by Gasteiger charge is 2.23. The number of hydrogen-bond donors (Lipinski definition) is 0. The standard InChI is InChI=1S/C44H27N3S/c1-4-14-28(15-5-1)39-33-20-10-12-22-37(33)47-42(39)35-26-31(24-25-32(35)40-34-21-11-13-23-38(34)48-44(40)47)36-27-45-43(30-18-8-3-9-19-30)46-41(36)29-16-6-2-7-17-29/h1-27H. The first-order valence-corrected chi connectivity index (χ1v) is 17.0. The molecule has 3 nitrogen and oxygen atoms in total. The van der Waals surface area contributed by atoms with Crippen molar-refractivity contribution in [2.45, 2.75) is 0 Å². The first-order chi connectivity index (χ1) is 23.8. The molecular formula is C44H27N3S. The second-order valence-corrected chi connectivity index (χ2v) is 13.2. The third-order valence-corrected chi connectivity index (χ3v) is 10.6. The van der Waals surface area contributed by atoms with Crippen molar-refractivity contribution in [1.29, 1.82) is 0 Å². The molecule has 0 N–H and O–H groups in total. The van der Waals surface area contributed by atoms with E-state index in [1.54, 1.807) is 0 Å². The van der Waals surface area contributed by atoms with Crippen LogP contribution >= 0.6 is 11.3 Å². The number of benzene rings is 6. The number of pyridine rings is 1. The van der Waals surface area contributed by atoms with E-state index in [-0.39, 0.29) is 0 Å². The van der Waals surface area contributed by atoms with Crippen LogP contribution in [-0.4, -0.2) is 14.4 Å². The van der Waals surface area contributed by atoms with Gasteiger partial charge in [0.05, 0.1) is 16.7 Å². The van der Waals surface area contributed by atoms with Crippen molar-refractivity contribution in [1.82, 2.24) is 14.4 Å². The maximum absolute atomic E-state index is 5.20. The summed E-state index contributed by atoms with van der Waals surface area (Å²) in [5.41, 5.74) is 9.99. The Bertz CT molecular complexity index is 2820. The number of fused-ring (bicyclic) bond motifs is 10. The minimum atomic E-state index is 0.719. The van der Waals surface area contributed by atoms with Crippen LogP contribution < -0.4 is 0 Å². The van der Waals surface area contributed by atoms with Gasteiger partial charge in [-0.15, -0.1) is 11.3 Å². The number of nitrogens with zero attached hydrogens (tertiary/aromatic N) is 3. The molecule has 4 heteroatoms. The molecule has 0 atom stereocenters. The summed E-state index contributed by atoms with van der Waals surface area (Å²) >= 11 is 1.87. The average Bonchev–Trinajstić information content (AvgIpc) is 3.72. The molecule has 0 aliphatic rings. The number of aromatic nitrogens is 3. The fraction of sp³-hybridized carbons (Fsp3) is 0. The van der Waals surface area contributed by atoms with E-state index in [1.165, 1.54) is 58.6 Å². The molecule has 0 saturated carbocycles. The Balaban J connectivity index is 1.35. The molecule has 10 rings (SSSR count). The van der Waals surface area contributed by atoms with E-state index >= 15 is 0 Å². The highest BCUT2D eigenvalue weighted by Crippen LogP contribution is 2.47. The fourth-order valence-electron chi connectivity index (χ4n) is 7.31. The van der Waals surface area contributed by atoms with Crippen molar-refractivity contribution in [3.05, 3.63) is 164 Å². The summed E-state index contributed by atoms with van der Waals surface area (Å²) in [6.07, 6.45) is 2.00. The van der Waals surface area contributed by atoms with Gasteiger partial charge >= 0.3 is 0 Å². The summed E-state index contributed by atoms with van der Waals surface area (Å²) in [5.74, 6) is 0.719. The number of hydrogen-bond acceptors (Lipinski definition) is 3. The van der Waals surface area contributed by atoms with E-state index in [0.29, 0.717) is 0 Å². The average molecular weight is 630 g/mol. The number of para-hydroxylation sites is 1. The van der Waals surface area contributed by atoms with Crippen LogP contribution in [0.4, 0.5) is 0 Å². The van der Waals surface area contributed by atoms with Crippen molar-refractivity contribution in [3.63, 3.8) is 0 Å². The van der Waals surface area contributed by atoms with Crippen molar-refractivity contribution in [3.8, 4) is 44.9 Å². The molecule has 4 aromatic heterocycles. The third-order valence-electron chi connectivity index (χ3n) is 9.44. The maximum Gasteiger partial charge on any atom is 0.159 e.